The number of pyridine rings is 1. The summed E-state index contributed by atoms with van der Waals surface area (Å²) in [7, 11) is 4.20. The van der Waals surface area contributed by atoms with Crippen molar-refractivity contribution in [1.82, 2.24) is 14.8 Å². The third-order valence-corrected chi connectivity index (χ3v) is 19.7. The second-order valence-electron chi connectivity index (χ2n) is 23.7. The number of esters is 3. The van der Waals surface area contributed by atoms with Gasteiger partial charge in [-0.05, 0) is 152 Å². The fraction of sp³-hybridized carbons (Fsp3) is 0.651. The van der Waals surface area contributed by atoms with Crippen LogP contribution in [0.5, 0.6) is 11.5 Å². The third kappa shape index (κ3) is 18.4. The molecule has 2 amide bonds. The number of amides is 2. The van der Waals surface area contributed by atoms with Gasteiger partial charge in [-0.15, -0.1) is 11.3 Å². The van der Waals surface area contributed by atoms with Crippen LogP contribution < -0.4 is 9.47 Å². The number of nitrogens with zero attached hydrogens (tertiary/aromatic N) is 3. The highest BCUT2D eigenvalue weighted by Gasteiger charge is 2.57. The number of thiophene rings is 1. The lowest BCUT2D eigenvalue weighted by Gasteiger charge is -2.51. The van der Waals surface area contributed by atoms with Crippen molar-refractivity contribution < 1.29 is 90.8 Å². The van der Waals surface area contributed by atoms with E-state index in [9.17, 15) is 56.9 Å². The number of aromatic nitrogens is 1. The highest BCUT2D eigenvalue weighted by atomic mass is 79.9. The van der Waals surface area contributed by atoms with E-state index in [1.54, 1.807) is 22.4 Å². The number of methoxy groups -OCH3 is 3. The van der Waals surface area contributed by atoms with Crippen molar-refractivity contribution in [3.63, 3.8) is 0 Å². The Hall–Kier alpha value is -5.85. The molecule has 0 unspecified atom stereocenters. The quantitative estimate of drug-likeness (QED) is 0.0556. The van der Waals surface area contributed by atoms with E-state index >= 15 is 0 Å². The van der Waals surface area contributed by atoms with Crippen LogP contribution in [0.3, 0.4) is 0 Å². The Morgan fingerprint density at radius 1 is 0.736 bits per heavy atom. The number of para-hydroxylation sites is 1. The zero-order chi connectivity index (χ0) is 63.6. The standard InChI is InChI=1S/C39H46F3N3O7S.C8H13BrO2.C8H12O4.C8H14O3/c1-3-8-32-38(52-28-21-25(2)53-24-28,14-7-18-45(32)34(46)33-30(39(40,41)42)10-6-17-43-33)36(49)44-19-15-37(50,16-20-44)29-9-4-5-11-31(29)51-23-26-12-13-27(22-26)35(47)48;1-11-8(10)7-3-2-6(4-7)5-9;1-12-8(11)6-3-2-5(4-6)7(9)10;1-11-8(10)7-3-2-6(4-7)5-9/h4-6,9-11,17,21,24,26-27,32,50H,3,7-8,12-16,18-20,22-23H2,1-2H3,(H,47,48);6-7H,2-5H2,1H3;5-6H,2-4H2,1H3,(H,9,10);6-7,9H,2-5H2,1H3/t26-,27+,32+,38-;6-,7+;5-,6+;6-,7+/m0000/s1. The number of piperidine rings is 2. The molecule has 0 bridgehead atoms. The molecule has 4 heterocycles. The summed E-state index contributed by atoms with van der Waals surface area (Å²) in [5.74, 6) is -1.98. The fourth-order valence-corrected chi connectivity index (χ4v) is 14.3. The monoisotopic (exact) mass is 1310 g/mol. The van der Waals surface area contributed by atoms with Gasteiger partial charge >= 0.3 is 36.0 Å². The van der Waals surface area contributed by atoms with E-state index in [0.29, 0.717) is 86.9 Å². The molecule has 0 radical (unpaired) electrons. The summed E-state index contributed by atoms with van der Waals surface area (Å²) in [6.07, 6.45) is 7.45. The highest BCUT2D eigenvalue weighted by Crippen LogP contribution is 2.44. The molecule has 2 saturated heterocycles. The average Bonchev–Trinajstić information content (AvgIpc) is 1.57. The van der Waals surface area contributed by atoms with E-state index in [-0.39, 0.29) is 105 Å². The molecule has 9 rings (SSSR count). The first-order valence-corrected chi connectivity index (χ1v) is 32.1. The number of likely N-dealkylation sites (tertiary alicyclic amines) is 2. The number of carboxylic acid groups (broad SMARTS) is 2. The van der Waals surface area contributed by atoms with Crippen molar-refractivity contribution in [2.24, 2.45) is 47.3 Å². The smallest absolute Gasteiger partial charge is 0.418 e. The van der Waals surface area contributed by atoms with Gasteiger partial charge in [0.1, 0.15) is 17.2 Å². The maximum atomic E-state index is 15.0. The molecule has 4 saturated carbocycles. The third-order valence-electron chi connectivity index (χ3n) is 17.9. The number of carbonyl (C=O) groups is 7. The SMILES string of the molecule is CCC[C@H]1N(C(=O)c2ncccc2C(F)(F)F)CCC[C@@]1(Oc1csc(C)c1)C(=O)N1CCC(O)(c2ccccc2OC[C@H]2CC[C@@H](C(=O)O)C2)CC1.COC(=O)[C@@H]1CC[C@H](C(=O)O)C1.COC(=O)[C@@H]1CC[C@H](CBr)C1.COC(=O)[C@@H]1CC[C@H](CO)C1. The molecule has 482 valence electrons. The van der Waals surface area contributed by atoms with Crippen LogP contribution >= 0.6 is 27.3 Å². The van der Waals surface area contributed by atoms with E-state index in [2.05, 4.69) is 35.1 Å². The predicted molar refractivity (Wildman–Crippen MR) is 318 cm³/mol. The Morgan fingerprint density at radius 3 is 1.82 bits per heavy atom. The topological polar surface area (TPSA) is 266 Å². The molecule has 87 heavy (non-hydrogen) atoms. The van der Waals surface area contributed by atoms with Gasteiger partial charge in [-0.25, -0.2) is 0 Å². The zero-order valence-electron chi connectivity index (χ0n) is 50.3. The number of carboxylic acids is 2. The summed E-state index contributed by atoms with van der Waals surface area (Å²) in [5, 5.41) is 41.6. The summed E-state index contributed by atoms with van der Waals surface area (Å²) >= 11 is 4.86. The van der Waals surface area contributed by atoms with E-state index < -0.39 is 52.5 Å². The Labute approximate surface area is 519 Å². The van der Waals surface area contributed by atoms with Crippen molar-refractivity contribution >= 4 is 68.9 Å². The minimum absolute atomic E-state index is 0.0338. The Balaban J connectivity index is 0.000000283. The summed E-state index contributed by atoms with van der Waals surface area (Å²) in [4.78, 5) is 91.8. The number of carbonyl (C=O) groups excluding carboxylic acids is 5. The van der Waals surface area contributed by atoms with Crippen LogP contribution in [0.2, 0.25) is 0 Å². The number of benzene rings is 1. The van der Waals surface area contributed by atoms with Gasteiger partial charge in [-0.3, -0.25) is 38.5 Å². The lowest BCUT2D eigenvalue weighted by Crippen LogP contribution is -2.68. The Kier molecular flexibility index (Phi) is 26.3. The number of aliphatic carboxylic acids is 2. The van der Waals surface area contributed by atoms with Crippen molar-refractivity contribution in [2.45, 2.75) is 153 Å². The summed E-state index contributed by atoms with van der Waals surface area (Å²) in [6, 6.07) is 10.1. The average molecular weight is 1310 g/mol. The number of rotatable bonds is 17. The molecule has 10 atom stereocenters. The maximum absolute atomic E-state index is 15.0. The molecule has 2 aliphatic heterocycles. The molecule has 6 aliphatic rings. The number of hydrogen-bond acceptors (Lipinski definition) is 16. The molecular formula is C63H85BrF3N3O16S. The lowest BCUT2D eigenvalue weighted by molar-refractivity contribution is -0.163. The second-order valence-corrected chi connectivity index (χ2v) is 25.5. The normalized spacial score (nSPS) is 26.5. The Morgan fingerprint density at radius 2 is 1.29 bits per heavy atom. The zero-order valence-corrected chi connectivity index (χ0v) is 52.7. The molecule has 0 spiro atoms. The van der Waals surface area contributed by atoms with Crippen LogP contribution in [-0.4, -0.2) is 148 Å². The van der Waals surface area contributed by atoms with Crippen LogP contribution in [0.25, 0.3) is 0 Å². The van der Waals surface area contributed by atoms with Gasteiger partial charge in [-0.2, -0.15) is 13.2 Å². The largest absolute Gasteiger partial charge is 0.493 e. The van der Waals surface area contributed by atoms with Gasteiger partial charge in [0.05, 0.1) is 74.7 Å². The molecule has 2 aromatic heterocycles. The highest BCUT2D eigenvalue weighted by molar-refractivity contribution is 9.09. The van der Waals surface area contributed by atoms with Gasteiger partial charge in [0, 0.05) is 60.0 Å². The van der Waals surface area contributed by atoms with Gasteiger partial charge in [-0.1, -0.05) is 47.5 Å². The molecule has 6 fully saturated rings. The minimum atomic E-state index is -4.80. The van der Waals surface area contributed by atoms with Crippen molar-refractivity contribution in [3.05, 3.63) is 75.7 Å². The van der Waals surface area contributed by atoms with Crippen LogP contribution in [0.4, 0.5) is 13.2 Å². The molecule has 1 aromatic carbocycles. The van der Waals surface area contributed by atoms with E-state index in [4.69, 9.17) is 19.7 Å². The Bertz CT molecular complexity index is 2760. The lowest BCUT2D eigenvalue weighted by atomic mass is 9.78. The van der Waals surface area contributed by atoms with E-state index in [1.165, 1.54) is 37.6 Å². The first-order chi connectivity index (χ1) is 41.4. The summed E-state index contributed by atoms with van der Waals surface area (Å²) < 4.78 is 68.9. The number of ether oxygens (including phenoxy) is 5. The molecule has 4 aliphatic carbocycles. The second kappa shape index (κ2) is 32.6. The number of alkyl halides is 4. The maximum Gasteiger partial charge on any atom is 0.418 e. The number of aliphatic hydroxyl groups is 2. The molecule has 19 nitrogen and oxygen atoms in total. The summed E-state index contributed by atoms with van der Waals surface area (Å²) in [6.45, 7) is 4.78. The van der Waals surface area contributed by atoms with Gasteiger partial charge in [0.2, 0.25) is 5.60 Å². The first-order valence-electron chi connectivity index (χ1n) is 30.1. The van der Waals surface area contributed by atoms with Gasteiger partial charge < -0.3 is 53.9 Å². The molecule has 24 heteroatoms. The van der Waals surface area contributed by atoms with Crippen LogP contribution in [0.1, 0.15) is 149 Å². The fourth-order valence-electron chi connectivity index (χ4n) is 13.1. The number of halogens is 4. The van der Waals surface area contributed by atoms with Crippen molar-refractivity contribution in [2.75, 3.05) is 59.5 Å². The summed E-state index contributed by atoms with van der Waals surface area (Å²) in [5.41, 5.74) is -4.18. The number of aliphatic hydroxyl groups excluding tert-OH is 1. The van der Waals surface area contributed by atoms with Gasteiger partial charge in [0.25, 0.3) is 11.8 Å². The number of hydrogen-bond donors (Lipinski definition) is 4. The number of aryl methyl sites for hydroxylation is 1. The van der Waals surface area contributed by atoms with Crippen LogP contribution in [-0.2, 0) is 54.8 Å². The van der Waals surface area contributed by atoms with Gasteiger partial charge in [0.15, 0.2) is 0 Å². The minimum Gasteiger partial charge on any atom is -0.493 e. The molecule has 4 N–H and O–H groups in total. The van der Waals surface area contributed by atoms with Crippen molar-refractivity contribution in [3.8, 4) is 11.5 Å². The molecular weight excluding hydrogens is 1220 g/mol. The van der Waals surface area contributed by atoms with E-state index in [1.807, 2.05) is 32.0 Å². The first kappa shape index (κ1) is 70.2. The van der Waals surface area contributed by atoms with Crippen LogP contribution in [0.15, 0.2) is 54.0 Å². The van der Waals surface area contributed by atoms with E-state index in [0.717, 1.165) is 73.5 Å². The van der Waals surface area contributed by atoms with Crippen LogP contribution in [0, 0.1) is 54.3 Å². The van der Waals surface area contributed by atoms with Crippen molar-refractivity contribution in [1.29, 1.82) is 0 Å². The predicted octanol–water partition coefficient (Wildman–Crippen LogP) is 10.3. The molecule has 3 aromatic rings.